The molecular formula is C8H16O3. The van der Waals surface area contributed by atoms with Crippen LogP contribution in [-0.2, 0) is 14.3 Å². The van der Waals surface area contributed by atoms with Crippen molar-refractivity contribution < 1.29 is 14.3 Å². The normalized spacial score (nSPS) is 12.6. The van der Waals surface area contributed by atoms with E-state index in [2.05, 4.69) is 0 Å². The summed E-state index contributed by atoms with van der Waals surface area (Å²) in [5, 5.41) is 0. The monoisotopic (exact) mass is 160 g/mol. The maximum Gasteiger partial charge on any atom is 0.334 e. The van der Waals surface area contributed by atoms with Crippen molar-refractivity contribution in [3.63, 3.8) is 0 Å². The van der Waals surface area contributed by atoms with Crippen molar-refractivity contribution in [1.29, 1.82) is 0 Å². The van der Waals surface area contributed by atoms with Gasteiger partial charge in [-0.1, -0.05) is 6.92 Å². The van der Waals surface area contributed by atoms with Gasteiger partial charge in [0.25, 0.3) is 0 Å². The van der Waals surface area contributed by atoms with Gasteiger partial charge in [-0.15, -0.1) is 0 Å². The van der Waals surface area contributed by atoms with Crippen LogP contribution in [0.3, 0.4) is 0 Å². The van der Waals surface area contributed by atoms with E-state index in [1.54, 1.807) is 13.8 Å². The van der Waals surface area contributed by atoms with Crippen LogP contribution in [-0.4, -0.2) is 25.3 Å². The van der Waals surface area contributed by atoms with Crippen LogP contribution in [0.25, 0.3) is 0 Å². The summed E-state index contributed by atoms with van der Waals surface area (Å²) in [6.45, 7) is 6.51. The van der Waals surface area contributed by atoms with Crippen molar-refractivity contribution in [3.8, 4) is 0 Å². The summed E-state index contributed by atoms with van der Waals surface area (Å²) < 4.78 is 9.87. The van der Waals surface area contributed by atoms with E-state index in [0.29, 0.717) is 13.2 Å². The molecule has 11 heavy (non-hydrogen) atoms. The highest BCUT2D eigenvalue weighted by Crippen LogP contribution is 1.95. The van der Waals surface area contributed by atoms with Gasteiger partial charge in [-0.05, 0) is 20.3 Å². The van der Waals surface area contributed by atoms with Crippen LogP contribution in [0.5, 0.6) is 0 Å². The summed E-state index contributed by atoms with van der Waals surface area (Å²) in [5.74, 6) is -0.277. The Bertz CT molecular complexity index is 112. The van der Waals surface area contributed by atoms with Gasteiger partial charge in [0.05, 0.1) is 6.61 Å². The Morgan fingerprint density at radius 2 is 2.09 bits per heavy atom. The molecule has 0 heterocycles. The molecule has 0 aromatic rings. The molecule has 0 amide bonds. The minimum atomic E-state index is -0.421. The summed E-state index contributed by atoms with van der Waals surface area (Å²) in [5.41, 5.74) is 0. The smallest absolute Gasteiger partial charge is 0.334 e. The number of ether oxygens (including phenoxy) is 2. The van der Waals surface area contributed by atoms with Gasteiger partial charge in [-0.25, -0.2) is 4.79 Å². The largest absolute Gasteiger partial charge is 0.464 e. The molecule has 0 aliphatic heterocycles. The first-order chi connectivity index (χ1) is 5.22. The minimum Gasteiger partial charge on any atom is -0.464 e. The van der Waals surface area contributed by atoms with Crippen LogP contribution in [0.15, 0.2) is 0 Å². The summed E-state index contributed by atoms with van der Waals surface area (Å²) >= 11 is 0. The van der Waals surface area contributed by atoms with Gasteiger partial charge in [0.2, 0.25) is 0 Å². The first kappa shape index (κ1) is 10.4. The Balaban J connectivity index is 3.46. The molecule has 0 bridgehead atoms. The van der Waals surface area contributed by atoms with E-state index in [4.69, 9.17) is 9.47 Å². The topological polar surface area (TPSA) is 35.5 Å². The molecule has 66 valence electrons. The maximum atomic E-state index is 10.9. The number of rotatable bonds is 5. The summed E-state index contributed by atoms with van der Waals surface area (Å²) in [6, 6.07) is 0. The average Bonchev–Trinajstić information content (AvgIpc) is 2.00. The van der Waals surface area contributed by atoms with Crippen molar-refractivity contribution in [2.24, 2.45) is 0 Å². The van der Waals surface area contributed by atoms with E-state index < -0.39 is 6.10 Å². The molecule has 0 saturated heterocycles. The Hall–Kier alpha value is -0.570. The molecule has 1 atom stereocenters. The second-order valence-electron chi connectivity index (χ2n) is 2.27. The zero-order valence-electron chi connectivity index (χ0n) is 7.42. The van der Waals surface area contributed by atoms with Crippen LogP contribution < -0.4 is 0 Å². The number of esters is 1. The number of carbonyl (C=O) groups excluding carboxylic acids is 1. The van der Waals surface area contributed by atoms with Gasteiger partial charge >= 0.3 is 5.97 Å². The van der Waals surface area contributed by atoms with Crippen LogP contribution in [0.4, 0.5) is 0 Å². The molecule has 0 rings (SSSR count). The molecule has 0 fully saturated rings. The molecule has 0 aromatic heterocycles. The Labute approximate surface area is 67.7 Å². The number of carbonyl (C=O) groups is 1. The van der Waals surface area contributed by atoms with E-state index in [-0.39, 0.29) is 5.97 Å². The predicted octanol–water partition coefficient (Wildman–Crippen LogP) is 1.36. The highest BCUT2D eigenvalue weighted by molar-refractivity contribution is 5.74. The van der Waals surface area contributed by atoms with Crippen LogP contribution >= 0.6 is 0 Å². The molecule has 0 aliphatic carbocycles. The van der Waals surface area contributed by atoms with Crippen molar-refractivity contribution in [3.05, 3.63) is 0 Å². The second kappa shape index (κ2) is 6.16. The van der Waals surface area contributed by atoms with Crippen LogP contribution in [0.1, 0.15) is 27.2 Å². The first-order valence-corrected chi connectivity index (χ1v) is 4.00. The zero-order valence-corrected chi connectivity index (χ0v) is 7.42. The standard InChI is InChI=1S/C8H16O3/c1-4-6-11-7(3)8(9)10-5-2/h7H,4-6H2,1-3H3/t7-/m0/s1. The molecule has 0 aliphatic rings. The lowest BCUT2D eigenvalue weighted by Gasteiger charge is -2.10. The molecule has 3 nitrogen and oxygen atoms in total. The number of hydrogen-bond acceptors (Lipinski definition) is 3. The third-order valence-corrected chi connectivity index (χ3v) is 1.19. The third-order valence-electron chi connectivity index (χ3n) is 1.19. The van der Waals surface area contributed by atoms with E-state index in [0.717, 1.165) is 6.42 Å². The fraction of sp³-hybridized carbons (Fsp3) is 0.875. The quantitative estimate of drug-likeness (QED) is 0.570. The fourth-order valence-corrected chi connectivity index (χ4v) is 0.622. The SMILES string of the molecule is CCCO[C@@H](C)C(=O)OCC. The Morgan fingerprint density at radius 1 is 1.45 bits per heavy atom. The lowest BCUT2D eigenvalue weighted by molar-refractivity contribution is -0.155. The molecular weight excluding hydrogens is 144 g/mol. The lowest BCUT2D eigenvalue weighted by Crippen LogP contribution is -2.23. The lowest BCUT2D eigenvalue weighted by atomic mass is 10.4. The highest BCUT2D eigenvalue weighted by atomic mass is 16.6. The van der Waals surface area contributed by atoms with Gasteiger partial charge in [0, 0.05) is 6.61 Å². The van der Waals surface area contributed by atoms with E-state index in [1.165, 1.54) is 0 Å². The molecule has 0 radical (unpaired) electrons. The number of hydrogen-bond donors (Lipinski definition) is 0. The average molecular weight is 160 g/mol. The van der Waals surface area contributed by atoms with Gasteiger partial charge in [0.1, 0.15) is 0 Å². The minimum absolute atomic E-state index is 0.277. The zero-order chi connectivity index (χ0) is 8.69. The Morgan fingerprint density at radius 3 is 2.55 bits per heavy atom. The first-order valence-electron chi connectivity index (χ1n) is 4.00. The summed E-state index contributed by atoms with van der Waals surface area (Å²) in [4.78, 5) is 10.9. The summed E-state index contributed by atoms with van der Waals surface area (Å²) in [6.07, 6.45) is 0.499. The maximum absolute atomic E-state index is 10.9. The van der Waals surface area contributed by atoms with Gasteiger partial charge in [-0.2, -0.15) is 0 Å². The molecule has 0 N–H and O–H groups in total. The van der Waals surface area contributed by atoms with E-state index in [1.807, 2.05) is 6.92 Å². The molecule has 0 spiro atoms. The molecule has 0 unspecified atom stereocenters. The van der Waals surface area contributed by atoms with Crippen molar-refractivity contribution in [2.75, 3.05) is 13.2 Å². The van der Waals surface area contributed by atoms with Gasteiger partial charge < -0.3 is 9.47 Å². The van der Waals surface area contributed by atoms with Gasteiger partial charge in [0.15, 0.2) is 6.10 Å². The highest BCUT2D eigenvalue weighted by Gasteiger charge is 2.12. The van der Waals surface area contributed by atoms with Crippen molar-refractivity contribution >= 4 is 5.97 Å². The van der Waals surface area contributed by atoms with Crippen molar-refractivity contribution in [2.45, 2.75) is 33.3 Å². The van der Waals surface area contributed by atoms with Crippen molar-refractivity contribution in [1.82, 2.24) is 0 Å². The predicted molar refractivity (Wildman–Crippen MR) is 42.3 cm³/mol. The second-order valence-corrected chi connectivity index (χ2v) is 2.27. The summed E-state index contributed by atoms with van der Waals surface area (Å²) in [7, 11) is 0. The molecule has 0 saturated carbocycles. The molecule has 0 aromatic carbocycles. The van der Waals surface area contributed by atoms with Gasteiger partial charge in [-0.3, -0.25) is 0 Å². The third kappa shape index (κ3) is 4.79. The van der Waals surface area contributed by atoms with E-state index >= 15 is 0 Å². The van der Waals surface area contributed by atoms with Crippen LogP contribution in [0, 0.1) is 0 Å². The Kier molecular flexibility index (Phi) is 5.84. The van der Waals surface area contributed by atoms with Crippen LogP contribution in [0.2, 0.25) is 0 Å². The van der Waals surface area contributed by atoms with E-state index in [9.17, 15) is 4.79 Å². The molecule has 3 heteroatoms. The fourth-order valence-electron chi connectivity index (χ4n) is 0.622.